The van der Waals surface area contributed by atoms with Crippen LogP contribution in [-0.2, 0) is 0 Å². The van der Waals surface area contributed by atoms with Crippen molar-refractivity contribution >= 4 is 11.6 Å². The second-order valence-electron chi connectivity index (χ2n) is 3.08. The van der Waals surface area contributed by atoms with Gasteiger partial charge in [-0.15, -0.1) is 0 Å². The van der Waals surface area contributed by atoms with E-state index in [1.807, 2.05) is 31.3 Å². The highest BCUT2D eigenvalue weighted by Gasteiger charge is 1.99. The lowest BCUT2D eigenvalue weighted by atomic mass is 10.1. The monoisotopic (exact) mass is 191 g/mol. The second-order valence-corrected chi connectivity index (χ2v) is 3.52. The van der Waals surface area contributed by atoms with Crippen LogP contribution in [0, 0.1) is 6.92 Å². The standard InChI is InChI=1S/C11H10ClN/c1-8-5-10(7-13-8)9-3-2-4-11(12)6-9/h2-7,13H,1H3. The van der Waals surface area contributed by atoms with E-state index < -0.39 is 0 Å². The first-order valence-electron chi connectivity index (χ1n) is 4.17. The molecule has 1 nitrogen and oxygen atoms in total. The zero-order valence-electron chi connectivity index (χ0n) is 7.34. The quantitative estimate of drug-likeness (QED) is 0.709. The molecule has 1 aromatic heterocycles. The van der Waals surface area contributed by atoms with Gasteiger partial charge in [-0.25, -0.2) is 0 Å². The molecule has 0 fully saturated rings. The van der Waals surface area contributed by atoms with Gasteiger partial charge in [-0.3, -0.25) is 0 Å². The van der Waals surface area contributed by atoms with Crippen molar-refractivity contribution in [2.75, 3.05) is 0 Å². The zero-order chi connectivity index (χ0) is 9.26. The van der Waals surface area contributed by atoms with E-state index in [9.17, 15) is 0 Å². The topological polar surface area (TPSA) is 15.8 Å². The Bertz CT molecular complexity index is 418. The molecule has 2 aromatic rings. The molecule has 13 heavy (non-hydrogen) atoms. The molecule has 0 amide bonds. The van der Waals surface area contributed by atoms with Crippen molar-refractivity contribution < 1.29 is 0 Å². The minimum atomic E-state index is 0.774. The van der Waals surface area contributed by atoms with E-state index in [2.05, 4.69) is 17.1 Å². The van der Waals surface area contributed by atoms with Crippen LogP contribution in [0.5, 0.6) is 0 Å². The lowest BCUT2D eigenvalue weighted by Crippen LogP contribution is -1.72. The maximum atomic E-state index is 5.89. The van der Waals surface area contributed by atoms with Crippen LogP contribution < -0.4 is 0 Å². The van der Waals surface area contributed by atoms with Crippen molar-refractivity contribution in [3.8, 4) is 11.1 Å². The first-order chi connectivity index (χ1) is 6.25. The smallest absolute Gasteiger partial charge is 0.0412 e. The molecule has 1 heterocycles. The average Bonchev–Trinajstić information content (AvgIpc) is 2.52. The van der Waals surface area contributed by atoms with E-state index in [0.717, 1.165) is 16.3 Å². The normalized spacial score (nSPS) is 10.3. The van der Waals surface area contributed by atoms with Gasteiger partial charge in [0.2, 0.25) is 0 Å². The minimum absolute atomic E-state index is 0.774. The van der Waals surface area contributed by atoms with Crippen molar-refractivity contribution in [1.29, 1.82) is 0 Å². The molecule has 0 aliphatic carbocycles. The van der Waals surface area contributed by atoms with Gasteiger partial charge < -0.3 is 4.98 Å². The summed E-state index contributed by atoms with van der Waals surface area (Å²) in [5.41, 5.74) is 3.49. The van der Waals surface area contributed by atoms with E-state index in [1.54, 1.807) is 0 Å². The van der Waals surface area contributed by atoms with Gasteiger partial charge in [-0.1, -0.05) is 23.7 Å². The Hall–Kier alpha value is -1.21. The van der Waals surface area contributed by atoms with Crippen LogP contribution in [0.15, 0.2) is 36.5 Å². The molecule has 0 unspecified atom stereocenters. The Morgan fingerprint density at radius 1 is 1.15 bits per heavy atom. The summed E-state index contributed by atoms with van der Waals surface area (Å²) in [4.78, 5) is 3.14. The van der Waals surface area contributed by atoms with E-state index in [4.69, 9.17) is 11.6 Å². The summed E-state index contributed by atoms with van der Waals surface area (Å²) in [5, 5.41) is 0.774. The predicted octanol–water partition coefficient (Wildman–Crippen LogP) is 3.64. The van der Waals surface area contributed by atoms with Crippen LogP contribution in [0.2, 0.25) is 5.02 Å². The minimum Gasteiger partial charge on any atom is -0.365 e. The number of aromatic amines is 1. The summed E-state index contributed by atoms with van der Waals surface area (Å²) in [7, 11) is 0. The third kappa shape index (κ3) is 1.76. The molecule has 0 radical (unpaired) electrons. The van der Waals surface area contributed by atoms with Gasteiger partial charge in [-0.05, 0) is 36.2 Å². The molecule has 0 aliphatic heterocycles. The van der Waals surface area contributed by atoms with Crippen LogP contribution in [0.1, 0.15) is 5.69 Å². The summed E-state index contributed by atoms with van der Waals surface area (Å²) < 4.78 is 0. The SMILES string of the molecule is Cc1cc(-c2cccc(Cl)c2)c[nH]1. The van der Waals surface area contributed by atoms with Crippen LogP contribution >= 0.6 is 11.6 Å². The van der Waals surface area contributed by atoms with Crippen LogP contribution in [0.4, 0.5) is 0 Å². The fourth-order valence-electron chi connectivity index (χ4n) is 1.34. The average molecular weight is 192 g/mol. The lowest BCUT2D eigenvalue weighted by Gasteiger charge is -1.96. The summed E-state index contributed by atoms with van der Waals surface area (Å²) >= 11 is 5.89. The highest BCUT2D eigenvalue weighted by atomic mass is 35.5. The number of halogens is 1. The van der Waals surface area contributed by atoms with Gasteiger partial charge >= 0.3 is 0 Å². The fourth-order valence-corrected chi connectivity index (χ4v) is 1.53. The molecule has 0 atom stereocenters. The van der Waals surface area contributed by atoms with Crippen molar-refractivity contribution in [2.45, 2.75) is 6.92 Å². The van der Waals surface area contributed by atoms with Crippen molar-refractivity contribution in [3.05, 3.63) is 47.2 Å². The van der Waals surface area contributed by atoms with Crippen LogP contribution in [0.25, 0.3) is 11.1 Å². The Morgan fingerprint density at radius 3 is 2.62 bits per heavy atom. The third-order valence-corrected chi connectivity index (χ3v) is 2.22. The number of hydrogen-bond donors (Lipinski definition) is 1. The molecular weight excluding hydrogens is 182 g/mol. The van der Waals surface area contributed by atoms with Gasteiger partial charge in [-0.2, -0.15) is 0 Å². The maximum Gasteiger partial charge on any atom is 0.0412 e. The van der Waals surface area contributed by atoms with Gasteiger partial charge in [0.1, 0.15) is 0 Å². The first-order valence-corrected chi connectivity index (χ1v) is 4.54. The fraction of sp³-hybridized carbons (Fsp3) is 0.0909. The molecule has 0 saturated carbocycles. The molecule has 0 aliphatic rings. The number of nitrogens with one attached hydrogen (secondary N) is 1. The molecule has 66 valence electrons. The Balaban J connectivity index is 2.46. The number of aryl methyl sites for hydroxylation is 1. The van der Waals surface area contributed by atoms with E-state index in [1.165, 1.54) is 5.56 Å². The highest BCUT2D eigenvalue weighted by molar-refractivity contribution is 6.30. The summed E-state index contributed by atoms with van der Waals surface area (Å²) in [6.45, 7) is 2.04. The lowest BCUT2D eigenvalue weighted by molar-refractivity contribution is 1.27. The largest absolute Gasteiger partial charge is 0.365 e. The number of aromatic nitrogens is 1. The Labute approximate surface area is 82.4 Å². The third-order valence-electron chi connectivity index (χ3n) is 1.99. The van der Waals surface area contributed by atoms with Crippen LogP contribution in [0.3, 0.4) is 0 Å². The molecule has 0 saturated heterocycles. The predicted molar refractivity (Wildman–Crippen MR) is 56.0 cm³/mol. The van der Waals surface area contributed by atoms with E-state index in [-0.39, 0.29) is 0 Å². The van der Waals surface area contributed by atoms with Gasteiger partial charge in [0.05, 0.1) is 0 Å². The van der Waals surface area contributed by atoms with E-state index in [0.29, 0.717) is 0 Å². The van der Waals surface area contributed by atoms with Crippen LogP contribution in [-0.4, -0.2) is 4.98 Å². The second kappa shape index (κ2) is 3.27. The molecule has 2 heteroatoms. The number of hydrogen-bond acceptors (Lipinski definition) is 0. The van der Waals surface area contributed by atoms with Crippen molar-refractivity contribution in [3.63, 3.8) is 0 Å². The molecule has 0 spiro atoms. The molecule has 1 aromatic carbocycles. The summed E-state index contributed by atoms with van der Waals surface area (Å²) in [6, 6.07) is 9.95. The summed E-state index contributed by atoms with van der Waals surface area (Å²) in [5.74, 6) is 0. The highest BCUT2D eigenvalue weighted by Crippen LogP contribution is 2.22. The number of benzene rings is 1. The molecule has 2 rings (SSSR count). The maximum absolute atomic E-state index is 5.89. The van der Waals surface area contributed by atoms with Gasteiger partial charge in [0.15, 0.2) is 0 Å². The van der Waals surface area contributed by atoms with Gasteiger partial charge in [0.25, 0.3) is 0 Å². The summed E-state index contributed by atoms with van der Waals surface area (Å²) in [6.07, 6.45) is 1.99. The number of H-pyrrole nitrogens is 1. The van der Waals surface area contributed by atoms with Crippen molar-refractivity contribution in [1.82, 2.24) is 4.98 Å². The Kier molecular flexibility index (Phi) is 2.11. The number of rotatable bonds is 1. The first kappa shape index (κ1) is 8.39. The molecule has 0 bridgehead atoms. The van der Waals surface area contributed by atoms with Crippen molar-refractivity contribution in [2.24, 2.45) is 0 Å². The molecular formula is C11H10ClN. The zero-order valence-corrected chi connectivity index (χ0v) is 8.10. The Morgan fingerprint density at radius 2 is 2.00 bits per heavy atom. The molecule has 1 N–H and O–H groups in total. The van der Waals surface area contributed by atoms with E-state index >= 15 is 0 Å². The van der Waals surface area contributed by atoms with Gasteiger partial charge in [0, 0.05) is 16.9 Å².